The molecule has 0 spiro atoms. The first kappa shape index (κ1) is 16.6. The highest BCUT2D eigenvalue weighted by Crippen LogP contribution is 2.02. The number of carbonyl (C=O) groups excluding carboxylic acids is 2. The second-order valence-electron chi connectivity index (χ2n) is 3.79. The Kier molecular flexibility index (Phi) is 8.81. The molecular weight excluding hydrogens is 258 g/mol. The van der Waals surface area contributed by atoms with Crippen LogP contribution in [0.3, 0.4) is 0 Å². The van der Waals surface area contributed by atoms with Gasteiger partial charge in [0.05, 0.1) is 6.54 Å². The first-order chi connectivity index (χ1) is 8.45. The van der Waals surface area contributed by atoms with Crippen LogP contribution in [0.2, 0.25) is 0 Å². The average molecular weight is 277 g/mol. The molecule has 0 aromatic carbocycles. The predicted octanol–water partition coefficient (Wildman–Crippen LogP) is -0.514. The van der Waals surface area contributed by atoms with Crippen molar-refractivity contribution in [1.29, 1.82) is 0 Å². The molecule has 0 bridgehead atoms. The van der Waals surface area contributed by atoms with Crippen LogP contribution in [0.15, 0.2) is 0 Å². The molecule has 3 amide bonds. The summed E-state index contributed by atoms with van der Waals surface area (Å²) in [7, 11) is 0. The van der Waals surface area contributed by atoms with E-state index in [1.165, 1.54) is 0 Å². The summed E-state index contributed by atoms with van der Waals surface area (Å²) < 4.78 is 0. The van der Waals surface area contributed by atoms with E-state index in [4.69, 9.17) is 5.11 Å². The quantitative estimate of drug-likeness (QED) is 0.478. The summed E-state index contributed by atoms with van der Waals surface area (Å²) in [6.07, 6.45) is 1.99. The number of carboxylic acids is 1. The minimum atomic E-state index is -1.13. The molecule has 18 heavy (non-hydrogen) atoms. The molecule has 4 N–H and O–H groups in total. The van der Waals surface area contributed by atoms with Crippen molar-refractivity contribution in [3.63, 3.8) is 0 Å². The van der Waals surface area contributed by atoms with Gasteiger partial charge in [-0.25, -0.2) is 4.79 Å². The summed E-state index contributed by atoms with van der Waals surface area (Å²) in [5, 5.41) is 15.4. The van der Waals surface area contributed by atoms with E-state index in [1.807, 2.05) is 13.2 Å². The van der Waals surface area contributed by atoms with Gasteiger partial charge in [-0.2, -0.15) is 11.8 Å². The molecule has 0 saturated heterocycles. The Labute approximate surface area is 110 Å². The first-order valence-corrected chi connectivity index (χ1v) is 6.84. The number of aliphatic carboxylic acids is 1. The number of carbonyl (C=O) groups is 3. The predicted molar refractivity (Wildman–Crippen MR) is 69.6 cm³/mol. The van der Waals surface area contributed by atoms with E-state index in [0.717, 1.165) is 5.75 Å². The van der Waals surface area contributed by atoms with Gasteiger partial charge in [0, 0.05) is 6.54 Å². The SMILES string of the molecule is CSCC(C)CNC(=O)NCC(=O)NCC(=O)O. The maximum atomic E-state index is 11.3. The van der Waals surface area contributed by atoms with Crippen molar-refractivity contribution in [3.8, 4) is 0 Å². The summed E-state index contributed by atoms with van der Waals surface area (Å²) in [6, 6.07) is -0.437. The van der Waals surface area contributed by atoms with Crippen LogP contribution in [0.1, 0.15) is 6.92 Å². The molecular formula is C10H19N3O4S. The van der Waals surface area contributed by atoms with E-state index in [1.54, 1.807) is 11.8 Å². The van der Waals surface area contributed by atoms with Gasteiger partial charge in [0.2, 0.25) is 5.91 Å². The smallest absolute Gasteiger partial charge is 0.322 e. The molecule has 1 unspecified atom stereocenters. The molecule has 0 heterocycles. The maximum absolute atomic E-state index is 11.3. The van der Waals surface area contributed by atoms with Crippen LogP contribution >= 0.6 is 11.8 Å². The van der Waals surface area contributed by atoms with Gasteiger partial charge < -0.3 is 21.1 Å². The third-order valence-electron chi connectivity index (χ3n) is 1.91. The summed E-state index contributed by atoms with van der Waals surface area (Å²) in [5.74, 6) is -0.366. The Hall–Kier alpha value is -1.44. The highest BCUT2D eigenvalue weighted by atomic mass is 32.2. The van der Waals surface area contributed by atoms with Crippen molar-refractivity contribution < 1.29 is 19.5 Å². The zero-order chi connectivity index (χ0) is 14.0. The first-order valence-electron chi connectivity index (χ1n) is 5.44. The Morgan fingerprint density at radius 3 is 2.39 bits per heavy atom. The van der Waals surface area contributed by atoms with Gasteiger partial charge in [-0.1, -0.05) is 6.92 Å². The Morgan fingerprint density at radius 2 is 1.83 bits per heavy atom. The lowest BCUT2D eigenvalue weighted by molar-refractivity contribution is -0.137. The van der Waals surface area contributed by atoms with Crippen molar-refractivity contribution in [3.05, 3.63) is 0 Å². The van der Waals surface area contributed by atoms with Crippen molar-refractivity contribution in [2.24, 2.45) is 5.92 Å². The number of hydrogen-bond donors (Lipinski definition) is 4. The van der Waals surface area contributed by atoms with Crippen LogP contribution in [-0.2, 0) is 9.59 Å². The van der Waals surface area contributed by atoms with Gasteiger partial charge in [-0.3, -0.25) is 9.59 Å². The molecule has 0 rings (SSSR count). The zero-order valence-electron chi connectivity index (χ0n) is 10.5. The fourth-order valence-electron chi connectivity index (χ4n) is 1.07. The molecule has 0 aromatic heterocycles. The molecule has 1 atom stereocenters. The fraction of sp³-hybridized carbons (Fsp3) is 0.700. The highest BCUT2D eigenvalue weighted by Gasteiger charge is 2.07. The van der Waals surface area contributed by atoms with Crippen LogP contribution in [0.4, 0.5) is 4.79 Å². The largest absolute Gasteiger partial charge is 0.480 e. The van der Waals surface area contributed by atoms with Crippen LogP contribution in [0, 0.1) is 5.92 Å². The van der Waals surface area contributed by atoms with Gasteiger partial charge >= 0.3 is 12.0 Å². The Balaban J connectivity index is 3.63. The lowest BCUT2D eigenvalue weighted by Gasteiger charge is -2.11. The Morgan fingerprint density at radius 1 is 1.17 bits per heavy atom. The summed E-state index contributed by atoms with van der Waals surface area (Å²) in [4.78, 5) is 32.5. The van der Waals surface area contributed by atoms with Crippen molar-refractivity contribution >= 4 is 29.7 Å². The van der Waals surface area contributed by atoms with Gasteiger partial charge in [0.15, 0.2) is 0 Å². The van der Waals surface area contributed by atoms with E-state index < -0.39 is 24.5 Å². The van der Waals surface area contributed by atoms with E-state index in [0.29, 0.717) is 12.5 Å². The van der Waals surface area contributed by atoms with Gasteiger partial charge in [0.25, 0.3) is 0 Å². The molecule has 0 aliphatic rings. The molecule has 0 saturated carbocycles. The van der Waals surface area contributed by atoms with Gasteiger partial charge in [-0.15, -0.1) is 0 Å². The van der Waals surface area contributed by atoms with Crippen LogP contribution in [-0.4, -0.2) is 54.7 Å². The molecule has 104 valence electrons. The minimum absolute atomic E-state index is 0.240. The van der Waals surface area contributed by atoms with E-state index >= 15 is 0 Å². The third kappa shape index (κ3) is 9.76. The van der Waals surface area contributed by atoms with E-state index in [9.17, 15) is 14.4 Å². The molecule has 0 fully saturated rings. The second kappa shape index (κ2) is 9.58. The lowest BCUT2D eigenvalue weighted by atomic mass is 10.2. The monoisotopic (exact) mass is 277 g/mol. The lowest BCUT2D eigenvalue weighted by Crippen LogP contribution is -2.44. The van der Waals surface area contributed by atoms with Crippen molar-refractivity contribution in [1.82, 2.24) is 16.0 Å². The molecule has 7 nitrogen and oxygen atoms in total. The molecule has 0 aliphatic heterocycles. The summed E-state index contributed by atoms with van der Waals surface area (Å²) in [5.41, 5.74) is 0. The number of rotatable bonds is 8. The number of urea groups is 1. The Bertz CT molecular complexity index is 299. The van der Waals surface area contributed by atoms with Crippen molar-refractivity contribution in [2.75, 3.05) is 31.6 Å². The number of carboxylic acid groups (broad SMARTS) is 1. The normalized spacial score (nSPS) is 11.4. The standard InChI is InChI=1S/C10H19N3O4S/c1-7(6-18-2)3-12-10(17)13-4-8(14)11-5-9(15)16/h7H,3-6H2,1-2H3,(H,11,14)(H,15,16)(H2,12,13,17). The zero-order valence-corrected chi connectivity index (χ0v) is 11.3. The minimum Gasteiger partial charge on any atom is -0.480 e. The summed E-state index contributed by atoms with van der Waals surface area (Å²) in [6.45, 7) is 1.85. The van der Waals surface area contributed by atoms with Gasteiger partial charge in [-0.05, 0) is 17.9 Å². The second-order valence-corrected chi connectivity index (χ2v) is 4.71. The molecule has 8 heteroatoms. The van der Waals surface area contributed by atoms with Crippen LogP contribution in [0.5, 0.6) is 0 Å². The van der Waals surface area contributed by atoms with E-state index in [2.05, 4.69) is 16.0 Å². The fourth-order valence-corrected chi connectivity index (χ4v) is 1.76. The van der Waals surface area contributed by atoms with Gasteiger partial charge in [0.1, 0.15) is 6.54 Å². The number of thioether (sulfide) groups is 1. The molecule has 0 radical (unpaired) electrons. The number of amides is 3. The maximum Gasteiger partial charge on any atom is 0.322 e. The molecule has 0 aromatic rings. The summed E-state index contributed by atoms with van der Waals surface area (Å²) >= 11 is 1.70. The van der Waals surface area contributed by atoms with Crippen molar-refractivity contribution in [2.45, 2.75) is 6.92 Å². The molecule has 0 aliphatic carbocycles. The third-order valence-corrected chi connectivity index (χ3v) is 2.81. The van der Waals surface area contributed by atoms with E-state index in [-0.39, 0.29) is 6.54 Å². The topological polar surface area (TPSA) is 108 Å². The highest BCUT2D eigenvalue weighted by molar-refractivity contribution is 7.98. The van der Waals surface area contributed by atoms with Crippen LogP contribution < -0.4 is 16.0 Å². The number of nitrogens with one attached hydrogen (secondary N) is 3. The van der Waals surface area contributed by atoms with Crippen LogP contribution in [0.25, 0.3) is 0 Å². The average Bonchev–Trinajstić information content (AvgIpc) is 2.31. The number of hydrogen-bond acceptors (Lipinski definition) is 4.